The molecule has 168 valence electrons. The highest BCUT2D eigenvalue weighted by atomic mass is 32.1. The van der Waals surface area contributed by atoms with Crippen LogP contribution < -0.4 is 20.6 Å². The van der Waals surface area contributed by atoms with Crippen molar-refractivity contribution in [1.82, 2.24) is 13.8 Å². The zero-order valence-electron chi connectivity index (χ0n) is 18.0. The molecule has 0 aliphatic carbocycles. The first kappa shape index (κ1) is 23.2. The van der Waals surface area contributed by atoms with Crippen molar-refractivity contribution in [3.63, 3.8) is 0 Å². The number of amides is 1. The van der Waals surface area contributed by atoms with Gasteiger partial charge in [-0.25, -0.2) is 13.3 Å². The summed E-state index contributed by atoms with van der Waals surface area (Å²) in [4.78, 5) is 48.1. The number of nitrogens with zero attached hydrogens (tertiary/aromatic N) is 2. The summed E-state index contributed by atoms with van der Waals surface area (Å²) in [6.07, 6.45) is 1.80. The van der Waals surface area contributed by atoms with Crippen LogP contribution in [0.5, 0.6) is 5.75 Å². The third-order valence-electron chi connectivity index (χ3n) is 4.77. The second-order valence-corrected chi connectivity index (χ2v) is 8.24. The van der Waals surface area contributed by atoms with Gasteiger partial charge in [0, 0.05) is 31.5 Å². The molecule has 3 rings (SSSR count). The van der Waals surface area contributed by atoms with Crippen molar-refractivity contribution in [1.29, 1.82) is 0 Å². The molecule has 0 atom stereocenters. The number of carbonyl (C=O) groups excluding carboxylic acids is 2. The first-order valence-corrected chi connectivity index (χ1v) is 11.1. The number of benzene rings is 2. The molecule has 0 aliphatic heterocycles. The maximum atomic E-state index is 12.5. The van der Waals surface area contributed by atoms with Crippen molar-refractivity contribution >= 4 is 23.4 Å². The second-order valence-electron chi connectivity index (χ2n) is 7.27. The molecule has 32 heavy (non-hydrogen) atoms. The highest BCUT2D eigenvalue weighted by molar-refractivity contribution is 7.03. The van der Waals surface area contributed by atoms with Crippen LogP contribution >= 0.6 is 11.5 Å². The number of carbonyl (C=O) groups is 2. The average Bonchev–Trinajstić information content (AvgIpc) is 3.04. The molecule has 0 bridgehead atoms. The average molecular weight is 456 g/mol. The Morgan fingerprint density at radius 2 is 1.72 bits per heavy atom. The van der Waals surface area contributed by atoms with Crippen LogP contribution in [0.2, 0.25) is 0 Å². The van der Waals surface area contributed by atoms with Crippen LogP contribution in [0.1, 0.15) is 48.2 Å². The van der Waals surface area contributed by atoms with Gasteiger partial charge in [-0.3, -0.25) is 14.4 Å². The van der Waals surface area contributed by atoms with Crippen LogP contribution in [0.4, 0.5) is 0 Å². The molecule has 1 N–H and O–H groups in total. The zero-order chi connectivity index (χ0) is 23.1. The SMILES string of the molecule is CCCCn1sc(=O)n(Cc2ccc(CNC(=O)c3ccccc3OC(C)=O)cc2)c1=O. The van der Waals surface area contributed by atoms with E-state index in [1.807, 2.05) is 31.2 Å². The second kappa shape index (κ2) is 10.7. The Bertz CT molecular complexity index is 1210. The molecule has 0 saturated carbocycles. The summed E-state index contributed by atoms with van der Waals surface area (Å²) < 4.78 is 7.82. The zero-order valence-corrected chi connectivity index (χ0v) is 18.8. The Morgan fingerprint density at radius 3 is 2.41 bits per heavy atom. The highest BCUT2D eigenvalue weighted by Gasteiger charge is 2.14. The molecule has 2 aromatic carbocycles. The lowest BCUT2D eigenvalue weighted by atomic mass is 10.1. The Balaban J connectivity index is 1.63. The largest absolute Gasteiger partial charge is 0.426 e. The number of ether oxygens (including phenoxy) is 1. The van der Waals surface area contributed by atoms with Gasteiger partial charge >= 0.3 is 16.5 Å². The van der Waals surface area contributed by atoms with Crippen molar-refractivity contribution in [2.24, 2.45) is 0 Å². The molecule has 1 aromatic heterocycles. The molecule has 0 saturated heterocycles. The van der Waals surface area contributed by atoms with Gasteiger partial charge < -0.3 is 10.1 Å². The van der Waals surface area contributed by atoms with Gasteiger partial charge in [-0.05, 0) is 29.7 Å². The van der Waals surface area contributed by atoms with Crippen LogP contribution in [0, 0.1) is 0 Å². The Hall–Kier alpha value is -3.46. The summed E-state index contributed by atoms with van der Waals surface area (Å²) in [5, 5.41) is 2.80. The van der Waals surface area contributed by atoms with E-state index in [9.17, 15) is 19.2 Å². The number of para-hydroxylation sites is 1. The summed E-state index contributed by atoms with van der Waals surface area (Å²) in [5.74, 6) is -0.648. The van der Waals surface area contributed by atoms with Gasteiger partial charge in [0.1, 0.15) is 5.75 Å². The normalized spacial score (nSPS) is 10.7. The molecule has 1 heterocycles. The molecule has 0 radical (unpaired) electrons. The number of hydrogen-bond acceptors (Lipinski definition) is 6. The third kappa shape index (κ3) is 5.82. The van der Waals surface area contributed by atoms with E-state index >= 15 is 0 Å². The molecular weight excluding hydrogens is 430 g/mol. The van der Waals surface area contributed by atoms with Gasteiger partial charge in [0.05, 0.1) is 12.1 Å². The van der Waals surface area contributed by atoms with Gasteiger partial charge in [-0.1, -0.05) is 49.7 Å². The van der Waals surface area contributed by atoms with E-state index in [4.69, 9.17) is 4.74 Å². The number of nitrogens with one attached hydrogen (secondary N) is 1. The molecule has 0 fully saturated rings. The predicted molar refractivity (Wildman–Crippen MR) is 122 cm³/mol. The predicted octanol–water partition coefficient (Wildman–Crippen LogP) is 2.78. The highest BCUT2D eigenvalue weighted by Crippen LogP contribution is 2.18. The fraction of sp³-hybridized carbons (Fsp3) is 0.304. The number of rotatable bonds is 9. The van der Waals surface area contributed by atoms with Crippen molar-refractivity contribution in [3.05, 3.63) is 85.4 Å². The number of hydrogen-bond donors (Lipinski definition) is 1. The minimum atomic E-state index is -0.498. The van der Waals surface area contributed by atoms with Crippen molar-refractivity contribution in [2.75, 3.05) is 0 Å². The quantitative estimate of drug-likeness (QED) is 0.395. The number of aryl methyl sites for hydroxylation is 1. The van der Waals surface area contributed by atoms with Gasteiger partial charge in [-0.15, -0.1) is 0 Å². The Kier molecular flexibility index (Phi) is 7.77. The maximum absolute atomic E-state index is 12.5. The number of unbranched alkanes of at least 4 members (excludes halogenated alkanes) is 1. The fourth-order valence-corrected chi connectivity index (χ4v) is 3.92. The van der Waals surface area contributed by atoms with Crippen LogP contribution in [0.3, 0.4) is 0 Å². The summed E-state index contributed by atoms with van der Waals surface area (Å²) in [6, 6.07) is 13.9. The first-order chi connectivity index (χ1) is 15.4. The first-order valence-electron chi connectivity index (χ1n) is 10.3. The number of aromatic nitrogens is 2. The Morgan fingerprint density at radius 1 is 1.03 bits per heavy atom. The lowest BCUT2D eigenvalue weighted by Gasteiger charge is -2.10. The number of esters is 1. The van der Waals surface area contributed by atoms with Crippen LogP contribution in [0.25, 0.3) is 0 Å². The third-order valence-corrected chi connectivity index (χ3v) is 5.71. The topological polar surface area (TPSA) is 99.4 Å². The monoisotopic (exact) mass is 455 g/mol. The summed E-state index contributed by atoms with van der Waals surface area (Å²) in [5.41, 5.74) is 1.66. The van der Waals surface area contributed by atoms with Crippen LogP contribution in [-0.4, -0.2) is 20.4 Å². The van der Waals surface area contributed by atoms with Crippen LogP contribution in [-0.2, 0) is 24.4 Å². The molecule has 9 heteroatoms. The van der Waals surface area contributed by atoms with Gasteiger partial charge in [0.15, 0.2) is 0 Å². The molecule has 0 spiro atoms. The molecule has 3 aromatic rings. The van der Waals surface area contributed by atoms with Gasteiger partial charge in [0.2, 0.25) is 0 Å². The van der Waals surface area contributed by atoms with E-state index in [1.54, 1.807) is 24.3 Å². The van der Waals surface area contributed by atoms with Crippen molar-refractivity contribution in [2.45, 2.75) is 46.3 Å². The molecule has 0 aliphatic rings. The van der Waals surface area contributed by atoms with Crippen LogP contribution in [0.15, 0.2) is 58.1 Å². The standard InChI is InChI=1S/C23H25N3O5S/c1-3-4-13-26-22(29)25(23(30)32-26)15-18-11-9-17(10-12-18)14-24-21(28)19-7-5-6-8-20(19)31-16(2)27/h5-12H,3-4,13-15H2,1-2H3,(H,24,28). The summed E-state index contributed by atoms with van der Waals surface area (Å²) >= 11 is 0.950. The van der Waals surface area contributed by atoms with E-state index in [2.05, 4.69) is 5.32 Å². The summed E-state index contributed by atoms with van der Waals surface area (Å²) in [7, 11) is 0. The lowest BCUT2D eigenvalue weighted by molar-refractivity contribution is -0.131. The van der Waals surface area contributed by atoms with E-state index < -0.39 is 5.97 Å². The van der Waals surface area contributed by atoms with E-state index in [0.29, 0.717) is 6.54 Å². The minimum Gasteiger partial charge on any atom is -0.426 e. The van der Waals surface area contributed by atoms with Gasteiger partial charge in [-0.2, -0.15) is 0 Å². The van der Waals surface area contributed by atoms with E-state index in [0.717, 1.165) is 35.5 Å². The maximum Gasteiger partial charge on any atom is 0.341 e. The molecule has 8 nitrogen and oxygen atoms in total. The molecule has 0 unspecified atom stereocenters. The summed E-state index contributed by atoms with van der Waals surface area (Å²) in [6.45, 7) is 4.35. The van der Waals surface area contributed by atoms with Gasteiger partial charge in [0.25, 0.3) is 5.91 Å². The van der Waals surface area contributed by atoms with E-state index in [-0.39, 0.29) is 40.9 Å². The lowest BCUT2D eigenvalue weighted by Crippen LogP contribution is -2.29. The molecular formula is C23H25N3O5S. The van der Waals surface area contributed by atoms with Crippen molar-refractivity contribution < 1.29 is 14.3 Å². The fourth-order valence-electron chi connectivity index (χ4n) is 3.09. The minimum absolute atomic E-state index is 0.204. The smallest absolute Gasteiger partial charge is 0.341 e. The Labute approximate surface area is 189 Å². The van der Waals surface area contributed by atoms with E-state index in [1.165, 1.54) is 15.4 Å². The molecule has 1 amide bonds. The van der Waals surface area contributed by atoms with Crippen molar-refractivity contribution in [3.8, 4) is 5.75 Å².